The van der Waals surface area contributed by atoms with Crippen LogP contribution in [-0.2, 0) is 65.2 Å². The van der Waals surface area contributed by atoms with Crippen LogP contribution >= 0.6 is 0 Å². The van der Waals surface area contributed by atoms with Crippen LogP contribution in [0.1, 0.15) is 95.9 Å². The van der Waals surface area contributed by atoms with Gasteiger partial charge in [-0.25, -0.2) is 0 Å². The van der Waals surface area contributed by atoms with E-state index in [1.54, 1.807) is 14.2 Å². The van der Waals surface area contributed by atoms with Crippen LogP contribution in [0, 0.1) is 5.41 Å². The van der Waals surface area contributed by atoms with Gasteiger partial charge in [0.2, 0.25) is 0 Å². The van der Waals surface area contributed by atoms with Gasteiger partial charge >= 0.3 is 56.9 Å². The normalized spacial score (nSPS) is 20.9. The Morgan fingerprint density at radius 3 is 1.09 bits per heavy atom. The molecule has 0 unspecified atom stereocenters. The molecule has 1 aromatic carbocycles. The van der Waals surface area contributed by atoms with E-state index in [1.165, 1.54) is 0 Å². The van der Waals surface area contributed by atoms with Gasteiger partial charge in [-0.3, -0.25) is 0 Å². The third-order valence-corrected chi connectivity index (χ3v) is 10.3. The van der Waals surface area contributed by atoms with E-state index in [0.717, 1.165) is 77.2 Å². The minimum Gasteiger partial charge on any atom is -0.523 e. The first-order valence-electron chi connectivity index (χ1n) is 24.1. The molecule has 0 saturated carbocycles. The Morgan fingerprint density at radius 1 is 0.493 bits per heavy atom. The molecule has 1 aromatic rings. The van der Waals surface area contributed by atoms with Crippen LogP contribution < -0.4 is 9.31 Å². The predicted molar refractivity (Wildman–Crippen MR) is 277 cm³/mol. The molecule has 0 radical (unpaired) electrons. The van der Waals surface area contributed by atoms with Crippen LogP contribution in [0.5, 0.6) is 11.5 Å². The van der Waals surface area contributed by atoms with E-state index in [9.17, 15) is 0 Å². The highest BCUT2D eigenvalue weighted by Crippen LogP contribution is 2.36. The second-order valence-electron chi connectivity index (χ2n) is 19.4. The van der Waals surface area contributed by atoms with Crippen molar-refractivity contribution in [2.45, 2.75) is 173 Å². The maximum absolute atomic E-state index is 5.59. The molecule has 0 N–H and O–H groups in total. The molecule has 6 heterocycles. The Kier molecular flexibility index (Phi) is 32.8. The zero-order valence-corrected chi connectivity index (χ0v) is 46.0. The first-order valence-corrected chi connectivity index (χ1v) is 24.1. The number of hydrogen-bond acceptors (Lipinski definition) is 16. The molecule has 16 nitrogen and oxygen atoms in total. The summed E-state index contributed by atoms with van der Waals surface area (Å²) in [6.07, 6.45) is 1.99. The molecule has 5 saturated heterocycles. The van der Waals surface area contributed by atoms with Crippen LogP contribution in [0.25, 0.3) is 0 Å². The van der Waals surface area contributed by atoms with E-state index in [1.807, 2.05) is 92.7 Å². The smallest absolute Gasteiger partial charge is 0.523 e. The SMILES string of the molecule is CB1OC(C)(C)C(C)(C)O1.CB1OC(C)(C)CC(C)(C)O1.CB1OCC(C)(C)CO1.CB1OCCCO1.CB1OCCO1.CB1Oc2ccccc2O1.CCOB(C)OCC.COB(C)OC. The summed E-state index contributed by atoms with van der Waals surface area (Å²) < 4.78 is 82.8. The second kappa shape index (κ2) is 33.4. The Balaban J connectivity index is 0.000000750. The summed E-state index contributed by atoms with van der Waals surface area (Å²) in [4.78, 5) is 0. The van der Waals surface area contributed by atoms with Crippen LogP contribution in [0.15, 0.2) is 24.3 Å². The Hall–Kier alpha value is -1.22. The van der Waals surface area contributed by atoms with Crippen LogP contribution in [0.2, 0.25) is 54.6 Å². The Morgan fingerprint density at radius 2 is 0.851 bits per heavy atom. The highest BCUT2D eigenvalue weighted by atomic mass is 16.7. The fraction of sp³-hybridized carbons (Fsp3) is 0.860. The summed E-state index contributed by atoms with van der Waals surface area (Å²) in [6.45, 7) is 46.4. The van der Waals surface area contributed by atoms with Gasteiger partial charge in [-0.15, -0.1) is 0 Å². The monoisotopic (exact) mass is 951 g/mol. The zero-order valence-electron chi connectivity index (χ0n) is 46.0. The summed E-state index contributed by atoms with van der Waals surface area (Å²) in [6, 6.07) is 7.66. The third-order valence-electron chi connectivity index (χ3n) is 10.3. The molecule has 0 aromatic heterocycles. The standard InChI is InChI=1S/C8H17BO2.C7H7BO2.C7H15BO2.C6H13BO2.C5H13BO2.C4H9BO2.C3H7BO2.C3H9BO2/c1-7(2)6-8(3,4)11-9(5)10-7;1-8-9-6-4-2-3-5-7(6)10-8;1-6(2)7(3,4)10-8(5)9-6;1-6(2)4-8-7(3)9-5-6;1-4-7-6(3)8-5-2;1-5-6-3-2-4-7-5;1-4-5-2-3-6-4;1-4(5-2)6-3/h6H2,1-5H3;2-5H,1H3;1-5H3;4-5H2,1-3H3;4-5H2,1-3H3;2-4H2,1H3;2-3H2,1H3;1-3H3. The number of para-hydroxylation sites is 2. The minimum absolute atomic E-state index is 0.00183. The molecule has 382 valence electrons. The lowest BCUT2D eigenvalue weighted by Gasteiger charge is -2.43. The number of hydrogen-bond donors (Lipinski definition) is 0. The van der Waals surface area contributed by atoms with Gasteiger partial charge in [-0.1, -0.05) is 26.0 Å². The summed E-state index contributed by atoms with van der Waals surface area (Å²) in [7, 11) is 2.92. The van der Waals surface area contributed by atoms with Crippen molar-refractivity contribution in [3.05, 3.63) is 24.3 Å². The molecular formula is C43H90B8O16. The van der Waals surface area contributed by atoms with Crippen LogP contribution in [0.4, 0.5) is 0 Å². The van der Waals surface area contributed by atoms with E-state index in [4.69, 9.17) is 65.2 Å². The van der Waals surface area contributed by atoms with Crippen molar-refractivity contribution >= 4 is 56.9 Å². The number of benzene rings is 1. The fourth-order valence-electron chi connectivity index (χ4n) is 6.67. The van der Waals surface area contributed by atoms with Crippen molar-refractivity contribution in [1.82, 2.24) is 0 Å². The molecule has 5 fully saturated rings. The van der Waals surface area contributed by atoms with Gasteiger partial charge in [0.15, 0.2) is 0 Å². The molecule has 0 amide bonds. The number of fused-ring (bicyclic) bond motifs is 1. The van der Waals surface area contributed by atoms with Crippen molar-refractivity contribution in [3.63, 3.8) is 0 Å². The van der Waals surface area contributed by atoms with Gasteiger partial charge in [-0.2, -0.15) is 0 Å². The molecule has 0 bridgehead atoms. The molecule has 24 heteroatoms. The van der Waals surface area contributed by atoms with E-state index in [-0.39, 0.29) is 84.8 Å². The summed E-state index contributed by atoms with van der Waals surface area (Å²) in [5, 5.41) is 0. The minimum atomic E-state index is -0.160. The average molecular weight is 950 g/mol. The molecule has 6 aliphatic heterocycles. The number of rotatable bonds is 6. The van der Waals surface area contributed by atoms with Gasteiger partial charge in [0.25, 0.3) is 0 Å². The molecule has 67 heavy (non-hydrogen) atoms. The van der Waals surface area contributed by atoms with Crippen molar-refractivity contribution in [1.29, 1.82) is 0 Å². The zero-order chi connectivity index (χ0) is 51.5. The molecular weight excluding hydrogens is 859 g/mol. The van der Waals surface area contributed by atoms with Gasteiger partial charge in [0.1, 0.15) is 11.5 Å². The lowest BCUT2D eigenvalue weighted by Crippen LogP contribution is -2.50. The lowest BCUT2D eigenvalue weighted by atomic mass is 9.81. The lowest BCUT2D eigenvalue weighted by molar-refractivity contribution is -0.0744. The summed E-state index contributed by atoms with van der Waals surface area (Å²) in [5.74, 6) is 1.69. The maximum Gasteiger partial charge on any atom is 0.591 e. The van der Waals surface area contributed by atoms with Crippen molar-refractivity contribution in [2.75, 3.05) is 67.1 Å². The van der Waals surface area contributed by atoms with Gasteiger partial charge in [-0.05, 0) is 142 Å². The van der Waals surface area contributed by atoms with E-state index >= 15 is 0 Å². The van der Waals surface area contributed by atoms with E-state index in [0.29, 0.717) is 0 Å². The van der Waals surface area contributed by atoms with Crippen molar-refractivity contribution < 1.29 is 74.5 Å². The third kappa shape index (κ3) is 31.7. The van der Waals surface area contributed by atoms with Crippen molar-refractivity contribution in [2.24, 2.45) is 5.41 Å². The Bertz CT molecular complexity index is 1320. The van der Waals surface area contributed by atoms with Crippen molar-refractivity contribution in [3.8, 4) is 11.5 Å². The maximum atomic E-state index is 5.59. The average Bonchev–Trinajstić information content (AvgIpc) is 3.91. The fourth-order valence-corrected chi connectivity index (χ4v) is 6.67. The van der Waals surface area contributed by atoms with Gasteiger partial charge < -0.3 is 74.5 Å². The molecule has 0 spiro atoms. The van der Waals surface area contributed by atoms with E-state index in [2.05, 4.69) is 78.5 Å². The van der Waals surface area contributed by atoms with Crippen LogP contribution in [-0.4, -0.2) is 146 Å². The topological polar surface area (TPSA) is 148 Å². The summed E-state index contributed by atoms with van der Waals surface area (Å²) in [5.41, 5.74) is -0.187. The Labute approximate surface area is 411 Å². The highest BCUT2D eigenvalue weighted by Gasteiger charge is 2.48. The molecule has 0 atom stereocenters. The quantitative estimate of drug-likeness (QED) is 0.250. The molecule has 7 rings (SSSR count). The highest BCUT2D eigenvalue weighted by molar-refractivity contribution is 6.46. The van der Waals surface area contributed by atoms with Crippen LogP contribution in [0.3, 0.4) is 0 Å². The summed E-state index contributed by atoms with van der Waals surface area (Å²) >= 11 is 0. The molecule has 6 aliphatic rings. The van der Waals surface area contributed by atoms with E-state index < -0.39 is 0 Å². The van der Waals surface area contributed by atoms with Gasteiger partial charge in [0.05, 0.1) is 35.6 Å². The first-order chi connectivity index (χ1) is 31.0. The van der Waals surface area contributed by atoms with Gasteiger partial charge in [0, 0.05) is 65.7 Å². The largest absolute Gasteiger partial charge is 0.591 e. The first kappa shape index (κ1) is 65.8. The molecule has 0 aliphatic carbocycles. The predicted octanol–water partition coefficient (Wildman–Crippen LogP) is 8.83. The second-order valence-corrected chi connectivity index (χ2v) is 19.4.